The van der Waals surface area contributed by atoms with Gasteiger partial charge in [-0.25, -0.2) is 0 Å². The van der Waals surface area contributed by atoms with E-state index in [4.69, 9.17) is 0 Å². The highest BCUT2D eigenvalue weighted by Crippen LogP contribution is 2.26. The highest BCUT2D eigenvalue weighted by atomic mass is 16.3. The number of hydrogen-bond acceptors (Lipinski definition) is 2. The van der Waals surface area contributed by atoms with E-state index >= 15 is 0 Å². The summed E-state index contributed by atoms with van der Waals surface area (Å²) in [6.45, 7) is 6.37. The lowest BCUT2D eigenvalue weighted by atomic mass is 10.1. The molecule has 0 aliphatic rings. The van der Waals surface area contributed by atoms with Crippen molar-refractivity contribution >= 4 is 11.6 Å². The standard InChI is InChI=1S/C16H20N2O2/c1-5-18(15-10-13(19)8-6-11(15)2)16(20)14-9-7-12(3)17(14)4/h6-10,19H,5H2,1-4H3. The molecule has 0 spiro atoms. The second-order valence-electron chi connectivity index (χ2n) is 4.94. The molecule has 0 saturated heterocycles. The third-order valence-corrected chi connectivity index (χ3v) is 3.64. The average molecular weight is 272 g/mol. The Kier molecular flexibility index (Phi) is 3.84. The molecule has 0 unspecified atom stereocenters. The van der Waals surface area contributed by atoms with Gasteiger partial charge in [0.25, 0.3) is 5.91 Å². The number of aromatic hydroxyl groups is 1. The Morgan fingerprint density at radius 3 is 2.50 bits per heavy atom. The van der Waals surface area contributed by atoms with Crippen molar-refractivity contribution in [3.63, 3.8) is 0 Å². The van der Waals surface area contributed by atoms with Crippen molar-refractivity contribution in [3.05, 3.63) is 47.3 Å². The SMILES string of the molecule is CCN(C(=O)c1ccc(C)n1C)c1cc(O)ccc1C. The molecule has 1 aromatic heterocycles. The third-order valence-electron chi connectivity index (χ3n) is 3.64. The van der Waals surface area contributed by atoms with Gasteiger partial charge in [-0.2, -0.15) is 0 Å². The van der Waals surface area contributed by atoms with E-state index in [0.29, 0.717) is 12.2 Å². The van der Waals surface area contributed by atoms with Crippen LogP contribution in [0.5, 0.6) is 5.75 Å². The maximum Gasteiger partial charge on any atom is 0.274 e. The lowest BCUT2D eigenvalue weighted by Crippen LogP contribution is -2.32. The van der Waals surface area contributed by atoms with Crippen molar-refractivity contribution in [2.24, 2.45) is 7.05 Å². The molecule has 20 heavy (non-hydrogen) atoms. The number of phenolic OH excluding ortho intramolecular Hbond substituents is 1. The van der Waals surface area contributed by atoms with Crippen LogP contribution >= 0.6 is 0 Å². The van der Waals surface area contributed by atoms with Crippen molar-refractivity contribution < 1.29 is 9.90 Å². The summed E-state index contributed by atoms with van der Waals surface area (Å²) in [5.74, 6) is 0.108. The zero-order chi connectivity index (χ0) is 14.9. The summed E-state index contributed by atoms with van der Waals surface area (Å²) >= 11 is 0. The molecule has 0 fully saturated rings. The number of benzene rings is 1. The molecular weight excluding hydrogens is 252 g/mol. The number of anilines is 1. The second kappa shape index (κ2) is 5.41. The number of carbonyl (C=O) groups is 1. The summed E-state index contributed by atoms with van der Waals surface area (Å²) in [7, 11) is 1.88. The first-order valence-electron chi connectivity index (χ1n) is 6.69. The van der Waals surface area contributed by atoms with Crippen LogP contribution in [-0.4, -0.2) is 22.1 Å². The molecule has 106 valence electrons. The minimum atomic E-state index is -0.0585. The lowest BCUT2D eigenvalue weighted by Gasteiger charge is -2.23. The summed E-state index contributed by atoms with van der Waals surface area (Å²) in [6.07, 6.45) is 0. The fourth-order valence-electron chi connectivity index (χ4n) is 2.28. The van der Waals surface area contributed by atoms with Crippen LogP contribution in [0.3, 0.4) is 0 Å². The van der Waals surface area contributed by atoms with Gasteiger partial charge < -0.3 is 14.6 Å². The summed E-state index contributed by atoms with van der Waals surface area (Å²) in [4.78, 5) is 14.4. The summed E-state index contributed by atoms with van der Waals surface area (Å²) in [6, 6.07) is 8.84. The minimum Gasteiger partial charge on any atom is -0.508 e. The summed E-state index contributed by atoms with van der Waals surface area (Å²) < 4.78 is 1.88. The van der Waals surface area contributed by atoms with Crippen molar-refractivity contribution in [2.75, 3.05) is 11.4 Å². The number of aryl methyl sites for hydroxylation is 2. The van der Waals surface area contributed by atoms with Crippen molar-refractivity contribution in [1.29, 1.82) is 0 Å². The van der Waals surface area contributed by atoms with Gasteiger partial charge in [0.15, 0.2) is 0 Å². The predicted molar refractivity (Wildman–Crippen MR) is 80.3 cm³/mol. The molecular formula is C16H20N2O2. The van der Waals surface area contributed by atoms with Crippen LogP contribution < -0.4 is 4.90 Å². The molecule has 0 aliphatic heterocycles. The van der Waals surface area contributed by atoms with Crippen molar-refractivity contribution in [3.8, 4) is 5.75 Å². The molecule has 4 nitrogen and oxygen atoms in total. The minimum absolute atomic E-state index is 0.0585. The van der Waals surface area contributed by atoms with E-state index in [9.17, 15) is 9.90 Å². The molecule has 0 atom stereocenters. The first-order valence-corrected chi connectivity index (χ1v) is 6.69. The normalized spacial score (nSPS) is 10.6. The molecule has 1 aromatic carbocycles. The fourth-order valence-corrected chi connectivity index (χ4v) is 2.28. The van der Waals surface area contributed by atoms with Gasteiger partial charge in [-0.05, 0) is 44.5 Å². The smallest absolute Gasteiger partial charge is 0.274 e. The fraction of sp³-hybridized carbons (Fsp3) is 0.312. The van der Waals surface area contributed by atoms with E-state index in [0.717, 1.165) is 16.9 Å². The van der Waals surface area contributed by atoms with Crippen LogP contribution in [0.1, 0.15) is 28.7 Å². The first kappa shape index (κ1) is 14.2. The van der Waals surface area contributed by atoms with Crippen LogP contribution in [0.4, 0.5) is 5.69 Å². The Morgan fingerprint density at radius 1 is 1.25 bits per heavy atom. The Hall–Kier alpha value is -2.23. The van der Waals surface area contributed by atoms with Gasteiger partial charge in [0.2, 0.25) is 0 Å². The Morgan fingerprint density at radius 2 is 1.95 bits per heavy atom. The molecule has 2 aromatic rings. The number of hydrogen-bond donors (Lipinski definition) is 1. The lowest BCUT2D eigenvalue weighted by molar-refractivity contribution is 0.0980. The van der Waals surface area contributed by atoms with Gasteiger partial charge in [0.05, 0.1) is 5.69 Å². The van der Waals surface area contributed by atoms with E-state index in [1.54, 1.807) is 17.0 Å². The van der Waals surface area contributed by atoms with E-state index < -0.39 is 0 Å². The van der Waals surface area contributed by atoms with Crippen LogP contribution in [0.25, 0.3) is 0 Å². The van der Waals surface area contributed by atoms with Crippen LogP contribution in [0.2, 0.25) is 0 Å². The molecule has 2 rings (SSSR count). The molecule has 1 heterocycles. The molecule has 0 bridgehead atoms. The Balaban J connectivity index is 2.44. The Labute approximate surface area is 119 Å². The predicted octanol–water partition coefficient (Wildman–Crippen LogP) is 3.01. The van der Waals surface area contributed by atoms with Gasteiger partial charge >= 0.3 is 0 Å². The quantitative estimate of drug-likeness (QED) is 0.933. The maximum atomic E-state index is 12.7. The van der Waals surface area contributed by atoms with E-state index in [-0.39, 0.29) is 11.7 Å². The highest BCUT2D eigenvalue weighted by molar-refractivity contribution is 6.05. The van der Waals surface area contributed by atoms with Crippen LogP contribution in [0, 0.1) is 13.8 Å². The topological polar surface area (TPSA) is 45.5 Å². The van der Waals surface area contributed by atoms with E-state index in [1.807, 2.05) is 50.6 Å². The second-order valence-corrected chi connectivity index (χ2v) is 4.94. The van der Waals surface area contributed by atoms with Gasteiger partial charge in [0, 0.05) is 25.4 Å². The van der Waals surface area contributed by atoms with Gasteiger partial charge in [0.1, 0.15) is 11.4 Å². The van der Waals surface area contributed by atoms with Gasteiger partial charge in [-0.1, -0.05) is 6.07 Å². The molecule has 0 aliphatic carbocycles. The number of rotatable bonds is 3. The Bertz CT molecular complexity index is 644. The van der Waals surface area contributed by atoms with Crippen LogP contribution in [0.15, 0.2) is 30.3 Å². The van der Waals surface area contributed by atoms with E-state index in [1.165, 1.54) is 0 Å². The van der Waals surface area contributed by atoms with Gasteiger partial charge in [-0.15, -0.1) is 0 Å². The van der Waals surface area contributed by atoms with Crippen molar-refractivity contribution in [2.45, 2.75) is 20.8 Å². The molecule has 1 N–H and O–H groups in total. The maximum absolute atomic E-state index is 12.7. The highest BCUT2D eigenvalue weighted by Gasteiger charge is 2.20. The summed E-state index contributed by atoms with van der Waals surface area (Å²) in [5, 5.41) is 9.65. The number of aromatic nitrogens is 1. The summed E-state index contributed by atoms with van der Waals surface area (Å²) in [5.41, 5.74) is 3.39. The zero-order valence-corrected chi connectivity index (χ0v) is 12.3. The zero-order valence-electron chi connectivity index (χ0n) is 12.3. The molecule has 0 saturated carbocycles. The van der Waals surface area contributed by atoms with Crippen LogP contribution in [-0.2, 0) is 7.05 Å². The number of carbonyl (C=O) groups excluding carboxylic acids is 1. The van der Waals surface area contributed by atoms with Crippen molar-refractivity contribution in [1.82, 2.24) is 4.57 Å². The monoisotopic (exact) mass is 272 g/mol. The molecule has 0 radical (unpaired) electrons. The molecule has 4 heteroatoms. The largest absolute Gasteiger partial charge is 0.508 e. The average Bonchev–Trinajstić information content (AvgIpc) is 2.75. The molecule has 1 amide bonds. The number of phenols is 1. The third kappa shape index (κ3) is 2.41. The number of nitrogens with zero attached hydrogens (tertiary/aromatic N) is 2. The number of amides is 1. The van der Waals surface area contributed by atoms with Gasteiger partial charge in [-0.3, -0.25) is 4.79 Å². The first-order chi connectivity index (χ1) is 9.45. The van der Waals surface area contributed by atoms with E-state index in [2.05, 4.69) is 0 Å².